The Labute approximate surface area is 121 Å². The summed E-state index contributed by atoms with van der Waals surface area (Å²) < 4.78 is 0. The average molecular weight is 291 g/mol. The number of hydrogen-bond donors (Lipinski definition) is 3. The number of aliphatic hydroxyl groups is 1. The van der Waals surface area contributed by atoms with Crippen molar-refractivity contribution in [1.82, 2.24) is 15.6 Å². The summed E-state index contributed by atoms with van der Waals surface area (Å²) in [4.78, 5) is 16.8. The molecule has 0 fully saturated rings. The molecule has 0 radical (unpaired) electrons. The van der Waals surface area contributed by atoms with E-state index in [1.165, 1.54) is 0 Å². The van der Waals surface area contributed by atoms with Gasteiger partial charge in [0.25, 0.3) is 0 Å². The molecule has 1 aromatic carbocycles. The molecule has 0 atom stereocenters. The summed E-state index contributed by atoms with van der Waals surface area (Å²) >= 11 is 1.56. The molecule has 0 aliphatic rings. The topological polar surface area (TPSA) is 74.2 Å². The van der Waals surface area contributed by atoms with Gasteiger partial charge in [0.15, 0.2) is 0 Å². The van der Waals surface area contributed by atoms with Gasteiger partial charge in [0.2, 0.25) is 0 Å². The second-order valence-electron chi connectivity index (χ2n) is 4.31. The summed E-state index contributed by atoms with van der Waals surface area (Å²) in [6.07, 6.45) is 1.77. The lowest BCUT2D eigenvalue weighted by Crippen LogP contribution is -2.34. The third-order valence-corrected chi connectivity index (χ3v) is 3.73. The van der Waals surface area contributed by atoms with Crippen LogP contribution in [0.4, 0.5) is 4.79 Å². The van der Waals surface area contributed by atoms with Gasteiger partial charge in [-0.05, 0) is 18.1 Å². The summed E-state index contributed by atoms with van der Waals surface area (Å²) in [5.74, 6) is 0. The summed E-state index contributed by atoms with van der Waals surface area (Å²) in [6.45, 7) is 2.77. The molecule has 2 rings (SSSR count). The summed E-state index contributed by atoms with van der Waals surface area (Å²) in [5.41, 5.74) is 1.74. The van der Waals surface area contributed by atoms with Gasteiger partial charge in [-0.2, -0.15) is 0 Å². The number of aliphatic hydroxyl groups excluding tert-OH is 1. The van der Waals surface area contributed by atoms with Crippen molar-refractivity contribution >= 4 is 17.4 Å². The smallest absolute Gasteiger partial charge is 0.315 e. The summed E-state index contributed by atoms with van der Waals surface area (Å²) in [6, 6.07) is 7.24. The molecule has 1 aromatic heterocycles. The number of thiazole rings is 1. The number of rotatable bonds is 5. The van der Waals surface area contributed by atoms with Gasteiger partial charge in [-0.3, -0.25) is 0 Å². The Kier molecular flexibility index (Phi) is 5.09. The van der Waals surface area contributed by atoms with Crippen LogP contribution < -0.4 is 10.6 Å². The standard InChI is InChI=1S/C14H17N3O2S/c1-10-15-7-13(20-10)8-17-14(19)16-6-11-4-2-3-5-12(11)9-18/h2-5,7,18H,6,8-9H2,1H3,(H2,16,17,19). The molecule has 3 N–H and O–H groups in total. The lowest BCUT2D eigenvalue weighted by atomic mass is 10.1. The van der Waals surface area contributed by atoms with Crippen molar-refractivity contribution in [3.05, 3.63) is 51.5 Å². The Balaban J connectivity index is 1.80. The second kappa shape index (κ2) is 7.02. The van der Waals surface area contributed by atoms with Crippen LogP contribution in [0, 0.1) is 6.92 Å². The Morgan fingerprint density at radius 2 is 1.95 bits per heavy atom. The number of urea groups is 1. The lowest BCUT2D eigenvalue weighted by Gasteiger charge is -2.09. The van der Waals surface area contributed by atoms with Gasteiger partial charge >= 0.3 is 6.03 Å². The van der Waals surface area contributed by atoms with E-state index in [0.29, 0.717) is 13.1 Å². The van der Waals surface area contributed by atoms with Gasteiger partial charge in [0.1, 0.15) is 0 Å². The molecule has 0 aliphatic carbocycles. The number of benzene rings is 1. The van der Waals surface area contributed by atoms with Crippen molar-refractivity contribution < 1.29 is 9.90 Å². The van der Waals surface area contributed by atoms with Crippen molar-refractivity contribution in [3.8, 4) is 0 Å². The SMILES string of the molecule is Cc1ncc(CNC(=O)NCc2ccccc2CO)s1. The van der Waals surface area contributed by atoms with Gasteiger partial charge in [-0.25, -0.2) is 9.78 Å². The zero-order chi connectivity index (χ0) is 14.4. The van der Waals surface area contributed by atoms with E-state index < -0.39 is 0 Å². The van der Waals surface area contributed by atoms with Crippen LogP contribution >= 0.6 is 11.3 Å². The molecule has 0 aliphatic heterocycles. The van der Waals surface area contributed by atoms with Gasteiger partial charge in [0, 0.05) is 17.6 Å². The highest BCUT2D eigenvalue weighted by molar-refractivity contribution is 7.11. The Morgan fingerprint density at radius 3 is 2.60 bits per heavy atom. The minimum absolute atomic E-state index is 0.0282. The van der Waals surface area contributed by atoms with E-state index in [1.54, 1.807) is 17.5 Å². The monoisotopic (exact) mass is 291 g/mol. The van der Waals surface area contributed by atoms with E-state index in [2.05, 4.69) is 15.6 Å². The molecule has 0 saturated heterocycles. The largest absolute Gasteiger partial charge is 0.392 e. The second-order valence-corrected chi connectivity index (χ2v) is 5.63. The zero-order valence-corrected chi connectivity index (χ0v) is 12.0. The fourth-order valence-electron chi connectivity index (χ4n) is 1.78. The van der Waals surface area contributed by atoms with Gasteiger partial charge in [0.05, 0.1) is 18.2 Å². The number of nitrogens with zero attached hydrogens (tertiary/aromatic N) is 1. The third kappa shape index (κ3) is 4.04. The van der Waals surface area contributed by atoms with Crippen LogP contribution in [-0.2, 0) is 19.7 Å². The molecule has 5 nitrogen and oxygen atoms in total. The zero-order valence-electron chi connectivity index (χ0n) is 11.2. The van der Waals surface area contributed by atoms with Gasteiger partial charge in [-0.15, -0.1) is 11.3 Å². The molecule has 20 heavy (non-hydrogen) atoms. The molecule has 2 aromatic rings. The maximum atomic E-state index is 11.7. The quantitative estimate of drug-likeness (QED) is 0.788. The Hall–Kier alpha value is -1.92. The Bertz CT molecular complexity index is 583. The normalized spacial score (nSPS) is 10.3. The van der Waals surface area contributed by atoms with E-state index in [-0.39, 0.29) is 12.6 Å². The number of amides is 2. The number of aryl methyl sites for hydroxylation is 1. The first kappa shape index (κ1) is 14.5. The maximum absolute atomic E-state index is 11.7. The fourth-order valence-corrected chi connectivity index (χ4v) is 2.51. The number of nitrogens with one attached hydrogen (secondary N) is 2. The minimum atomic E-state index is -0.233. The summed E-state index contributed by atoms with van der Waals surface area (Å²) in [5, 5.41) is 15.7. The molecule has 0 spiro atoms. The Morgan fingerprint density at radius 1 is 1.25 bits per heavy atom. The minimum Gasteiger partial charge on any atom is -0.392 e. The highest BCUT2D eigenvalue weighted by Crippen LogP contribution is 2.11. The van der Waals surface area contributed by atoms with Crippen LogP contribution in [0.25, 0.3) is 0 Å². The van der Waals surface area contributed by atoms with E-state index >= 15 is 0 Å². The predicted octanol–water partition coefficient (Wildman–Crippen LogP) is 1.94. The van der Waals surface area contributed by atoms with Crippen LogP contribution in [0.3, 0.4) is 0 Å². The predicted molar refractivity (Wildman–Crippen MR) is 78.3 cm³/mol. The van der Waals surface area contributed by atoms with Crippen molar-refractivity contribution in [2.45, 2.75) is 26.6 Å². The molecule has 1 heterocycles. The molecular formula is C14H17N3O2S. The first-order valence-electron chi connectivity index (χ1n) is 6.29. The lowest BCUT2D eigenvalue weighted by molar-refractivity contribution is 0.240. The van der Waals surface area contributed by atoms with E-state index in [9.17, 15) is 9.90 Å². The molecular weight excluding hydrogens is 274 g/mol. The highest BCUT2D eigenvalue weighted by Gasteiger charge is 2.05. The molecule has 0 bridgehead atoms. The van der Waals surface area contributed by atoms with Gasteiger partial charge < -0.3 is 15.7 Å². The molecule has 0 unspecified atom stereocenters. The molecule has 0 saturated carbocycles. The average Bonchev–Trinajstić information content (AvgIpc) is 2.89. The molecule has 6 heteroatoms. The highest BCUT2D eigenvalue weighted by atomic mass is 32.1. The van der Waals surface area contributed by atoms with Crippen LogP contribution in [0.5, 0.6) is 0 Å². The number of carbonyl (C=O) groups excluding carboxylic acids is 1. The van der Waals surface area contributed by atoms with Gasteiger partial charge in [-0.1, -0.05) is 24.3 Å². The van der Waals surface area contributed by atoms with Crippen molar-refractivity contribution in [1.29, 1.82) is 0 Å². The van der Waals surface area contributed by atoms with Crippen molar-refractivity contribution in [3.63, 3.8) is 0 Å². The first-order chi connectivity index (χ1) is 9.69. The first-order valence-corrected chi connectivity index (χ1v) is 7.11. The van der Waals surface area contributed by atoms with Crippen LogP contribution in [0.1, 0.15) is 21.0 Å². The van der Waals surface area contributed by atoms with E-state index in [1.807, 2.05) is 31.2 Å². The third-order valence-electron chi connectivity index (χ3n) is 2.82. The van der Waals surface area contributed by atoms with Crippen molar-refractivity contribution in [2.75, 3.05) is 0 Å². The number of aromatic nitrogens is 1. The molecule has 106 valence electrons. The fraction of sp³-hybridized carbons (Fsp3) is 0.286. The van der Waals surface area contributed by atoms with Crippen LogP contribution in [0.15, 0.2) is 30.5 Å². The molecule has 2 amide bonds. The number of hydrogen-bond acceptors (Lipinski definition) is 4. The van der Waals surface area contributed by atoms with E-state index in [0.717, 1.165) is 21.0 Å². The van der Waals surface area contributed by atoms with Crippen molar-refractivity contribution in [2.24, 2.45) is 0 Å². The van der Waals surface area contributed by atoms with Crippen LogP contribution in [-0.4, -0.2) is 16.1 Å². The summed E-state index contributed by atoms with van der Waals surface area (Å²) in [7, 11) is 0. The van der Waals surface area contributed by atoms with Crippen LogP contribution in [0.2, 0.25) is 0 Å². The maximum Gasteiger partial charge on any atom is 0.315 e. The van der Waals surface area contributed by atoms with E-state index in [4.69, 9.17) is 0 Å². The number of carbonyl (C=O) groups is 1.